The normalized spacial score (nSPS) is 32.4. The van der Waals surface area contributed by atoms with Crippen LogP contribution in [0.5, 0.6) is 0 Å². The lowest BCUT2D eigenvalue weighted by molar-refractivity contribution is -0.141. The molecule has 146 valence electrons. The number of nitrogens with zero attached hydrogens (tertiary/aromatic N) is 1. The molecule has 4 aliphatic rings. The van der Waals surface area contributed by atoms with E-state index in [1.54, 1.807) is 18.2 Å². The fourth-order valence-electron chi connectivity index (χ4n) is 6.71. The average molecular weight is 402 g/mol. The van der Waals surface area contributed by atoms with E-state index in [9.17, 15) is 4.79 Å². The van der Waals surface area contributed by atoms with Gasteiger partial charge >= 0.3 is 0 Å². The van der Waals surface area contributed by atoms with Crippen LogP contribution in [0, 0.1) is 28.6 Å². The molecule has 0 N–H and O–H groups in total. The van der Waals surface area contributed by atoms with Crippen molar-refractivity contribution in [1.29, 1.82) is 5.26 Å². The van der Waals surface area contributed by atoms with Crippen LogP contribution in [0.3, 0.4) is 0 Å². The molecule has 4 saturated carbocycles. The van der Waals surface area contributed by atoms with Crippen LogP contribution in [0.1, 0.15) is 55.2 Å². The number of hydrogen-bond donors (Lipinski definition) is 0. The lowest BCUT2D eigenvalue weighted by Crippen LogP contribution is -2.56. The Bertz CT molecular complexity index is 998. The molecule has 4 fully saturated rings. The van der Waals surface area contributed by atoms with Crippen LogP contribution in [-0.4, -0.2) is 5.78 Å². The van der Waals surface area contributed by atoms with Crippen molar-refractivity contribution in [3.05, 3.63) is 76.3 Å². The molecular weight excluding hydrogens is 378 g/mol. The Morgan fingerprint density at radius 1 is 1.00 bits per heavy atom. The van der Waals surface area contributed by atoms with Crippen molar-refractivity contribution >= 4 is 23.5 Å². The summed E-state index contributed by atoms with van der Waals surface area (Å²) in [6.07, 6.45) is 10.4. The van der Waals surface area contributed by atoms with Gasteiger partial charge in [0.25, 0.3) is 0 Å². The van der Waals surface area contributed by atoms with Crippen LogP contribution < -0.4 is 0 Å². The number of hydrogen-bond acceptors (Lipinski definition) is 2. The third-order valence-corrected chi connectivity index (χ3v) is 7.76. The van der Waals surface area contributed by atoms with Crippen molar-refractivity contribution in [1.82, 2.24) is 0 Å². The molecule has 2 aromatic carbocycles. The van der Waals surface area contributed by atoms with Crippen LogP contribution in [0.15, 0.2) is 54.6 Å². The van der Waals surface area contributed by atoms with Gasteiger partial charge in [-0.3, -0.25) is 4.79 Å². The minimum atomic E-state index is -0.215. The zero-order valence-electron chi connectivity index (χ0n) is 16.4. The topological polar surface area (TPSA) is 40.9 Å². The van der Waals surface area contributed by atoms with Crippen LogP contribution in [0.2, 0.25) is 5.02 Å². The molecule has 29 heavy (non-hydrogen) atoms. The number of benzene rings is 2. The Morgan fingerprint density at radius 2 is 1.66 bits per heavy atom. The van der Waals surface area contributed by atoms with Gasteiger partial charge < -0.3 is 0 Å². The largest absolute Gasteiger partial charge is 0.294 e. The number of allylic oxidation sites excluding steroid dienone is 1. The Labute approximate surface area is 177 Å². The highest BCUT2D eigenvalue weighted by Crippen LogP contribution is 2.66. The Hall–Kier alpha value is -2.37. The molecule has 4 aliphatic carbocycles. The minimum absolute atomic E-state index is 0.132. The van der Waals surface area contributed by atoms with Crippen LogP contribution >= 0.6 is 11.6 Å². The molecule has 2 nitrogen and oxygen atoms in total. The molecule has 0 aliphatic heterocycles. The van der Waals surface area contributed by atoms with Gasteiger partial charge in [-0.1, -0.05) is 41.9 Å². The summed E-state index contributed by atoms with van der Waals surface area (Å²) in [4.78, 5) is 13.5. The summed E-state index contributed by atoms with van der Waals surface area (Å²) in [7, 11) is 0. The highest BCUT2D eigenvalue weighted by molar-refractivity contribution is 6.30. The Kier molecular flexibility index (Phi) is 4.41. The second-order valence-corrected chi connectivity index (χ2v) is 9.90. The predicted molar refractivity (Wildman–Crippen MR) is 115 cm³/mol. The van der Waals surface area contributed by atoms with Gasteiger partial charge in [0, 0.05) is 10.4 Å². The molecular formula is C26H24ClNO. The number of carbonyl (C=O) groups excluding carboxylic acids is 1. The van der Waals surface area contributed by atoms with Gasteiger partial charge in [-0.25, -0.2) is 0 Å². The average Bonchev–Trinajstić information content (AvgIpc) is 2.72. The van der Waals surface area contributed by atoms with Crippen molar-refractivity contribution in [3.63, 3.8) is 0 Å². The van der Waals surface area contributed by atoms with Crippen molar-refractivity contribution in [2.24, 2.45) is 17.3 Å². The molecule has 2 atom stereocenters. The molecule has 6 rings (SSSR count). The molecule has 0 amide bonds. The standard InChI is InChI=1S/C26H24ClNO/c27-23-8-6-22(7-9-23)25-12-20-11-21(13-25)15-26(14-20,17-25)24(29)10-5-18-1-3-19(16-28)4-2-18/h1-10,20-21H,11-15,17H2. The molecule has 2 aromatic rings. The van der Waals surface area contributed by atoms with Gasteiger partial charge in [0.2, 0.25) is 0 Å². The van der Waals surface area contributed by atoms with E-state index in [4.69, 9.17) is 16.9 Å². The molecule has 3 heteroatoms. The van der Waals surface area contributed by atoms with Gasteiger partial charge in [-0.2, -0.15) is 5.26 Å². The van der Waals surface area contributed by atoms with E-state index in [0.717, 1.165) is 29.8 Å². The quantitative estimate of drug-likeness (QED) is 0.561. The zero-order chi connectivity index (χ0) is 20.1. The fourth-order valence-corrected chi connectivity index (χ4v) is 6.84. The second-order valence-electron chi connectivity index (χ2n) is 9.46. The third-order valence-electron chi connectivity index (χ3n) is 7.51. The molecule has 0 spiro atoms. The third kappa shape index (κ3) is 3.22. The molecule has 0 heterocycles. The lowest BCUT2D eigenvalue weighted by Gasteiger charge is -2.61. The Balaban J connectivity index is 1.43. The predicted octanol–water partition coefficient (Wildman–Crippen LogP) is 6.33. The monoisotopic (exact) mass is 401 g/mol. The highest BCUT2D eigenvalue weighted by Gasteiger charge is 2.60. The summed E-state index contributed by atoms with van der Waals surface area (Å²) in [5, 5.41) is 9.72. The second kappa shape index (κ2) is 6.85. The number of rotatable bonds is 4. The van der Waals surface area contributed by atoms with E-state index in [0.29, 0.717) is 17.4 Å². The van der Waals surface area contributed by atoms with Crippen molar-refractivity contribution in [2.75, 3.05) is 0 Å². The summed E-state index contributed by atoms with van der Waals surface area (Å²) >= 11 is 6.13. The van der Waals surface area contributed by atoms with Crippen LogP contribution in [0.4, 0.5) is 0 Å². The minimum Gasteiger partial charge on any atom is -0.294 e. The highest BCUT2D eigenvalue weighted by atomic mass is 35.5. The fraction of sp³-hybridized carbons (Fsp3) is 0.385. The first-order valence-corrected chi connectivity index (χ1v) is 10.9. The van der Waals surface area contributed by atoms with E-state index in [1.807, 2.05) is 30.3 Å². The van der Waals surface area contributed by atoms with Gasteiger partial charge in [0.05, 0.1) is 11.6 Å². The van der Waals surface area contributed by atoms with Crippen LogP contribution in [0.25, 0.3) is 6.08 Å². The van der Waals surface area contributed by atoms with E-state index in [1.165, 1.54) is 24.8 Å². The number of carbonyl (C=O) groups is 1. The van der Waals surface area contributed by atoms with E-state index in [2.05, 4.69) is 18.2 Å². The van der Waals surface area contributed by atoms with Crippen molar-refractivity contribution in [2.45, 2.75) is 43.9 Å². The van der Waals surface area contributed by atoms with Gasteiger partial charge in [0.15, 0.2) is 5.78 Å². The SMILES string of the molecule is N#Cc1ccc(C=CC(=O)C23CC4CC(C2)CC(c2ccc(Cl)cc2)(C4)C3)cc1. The summed E-state index contributed by atoms with van der Waals surface area (Å²) in [5.74, 6) is 1.59. The Morgan fingerprint density at radius 3 is 2.28 bits per heavy atom. The first kappa shape index (κ1) is 18.6. The van der Waals surface area contributed by atoms with E-state index < -0.39 is 0 Å². The number of nitriles is 1. The first-order chi connectivity index (χ1) is 14.0. The summed E-state index contributed by atoms with van der Waals surface area (Å²) in [6.45, 7) is 0. The molecule has 0 aromatic heterocycles. The maximum Gasteiger partial charge on any atom is 0.161 e. The zero-order valence-corrected chi connectivity index (χ0v) is 17.2. The lowest BCUT2D eigenvalue weighted by atomic mass is 9.42. The summed E-state index contributed by atoms with van der Waals surface area (Å²) in [6, 6.07) is 17.9. The van der Waals surface area contributed by atoms with Gasteiger partial charge in [-0.05, 0) is 97.2 Å². The maximum atomic E-state index is 13.5. The van der Waals surface area contributed by atoms with Gasteiger partial charge in [-0.15, -0.1) is 0 Å². The molecule has 4 bridgehead atoms. The van der Waals surface area contributed by atoms with E-state index >= 15 is 0 Å². The molecule has 2 unspecified atom stereocenters. The molecule has 0 saturated heterocycles. The molecule has 0 radical (unpaired) electrons. The summed E-state index contributed by atoms with van der Waals surface area (Å²) < 4.78 is 0. The maximum absolute atomic E-state index is 13.5. The van der Waals surface area contributed by atoms with Crippen LogP contribution in [-0.2, 0) is 10.2 Å². The van der Waals surface area contributed by atoms with Crippen molar-refractivity contribution < 1.29 is 4.79 Å². The van der Waals surface area contributed by atoms with Crippen molar-refractivity contribution in [3.8, 4) is 6.07 Å². The number of halogens is 1. The first-order valence-electron chi connectivity index (χ1n) is 10.5. The smallest absolute Gasteiger partial charge is 0.161 e. The van der Waals surface area contributed by atoms with Gasteiger partial charge in [0.1, 0.15) is 0 Å². The summed E-state index contributed by atoms with van der Waals surface area (Å²) in [5.41, 5.74) is 2.89. The van der Waals surface area contributed by atoms with E-state index in [-0.39, 0.29) is 16.6 Å². The number of ketones is 1.